The monoisotopic (exact) mass is 232 g/mol. The third kappa shape index (κ3) is 4.58. The minimum absolute atomic E-state index is 0.161. The molecule has 0 aromatic heterocycles. The van der Waals surface area contributed by atoms with Gasteiger partial charge in [-0.2, -0.15) is 0 Å². The third-order valence-corrected chi connectivity index (χ3v) is 2.71. The van der Waals surface area contributed by atoms with Crippen LogP contribution in [0.25, 0.3) is 0 Å². The van der Waals surface area contributed by atoms with Crippen molar-refractivity contribution < 1.29 is 5.11 Å². The molecule has 0 radical (unpaired) electrons. The molecule has 0 amide bonds. The molecule has 1 aromatic carbocycles. The number of benzene rings is 1. The Hall–Kier alpha value is -1.34. The molecule has 3 heteroatoms. The second kappa shape index (κ2) is 7.08. The van der Waals surface area contributed by atoms with Crippen LogP contribution in [0, 0.1) is 11.8 Å². The normalized spacial score (nSPS) is 12.1. The summed E-state index contributed by atoms with van der Waals surface area (Å²) in [5.74, 6) is 5.86. The van der Waals surface area contributed by atoms with Crippen LogP contribution in [0.3, 0.4) is 0 Å². The summed E-state index contributed by atoms with van der Waals surface area (Å²) in [4.78, 5) is 2.11. The van der Waals surface area contributed by atoms with Crippen molar-refractivity contribution in [1.82, 2.24) is 4.90 Å². The summed E-state index contributed by atoms with van der Waals surface area (Å²) < 4.78 is 0. The fraction of sp³-hybridized carbons (Fsp3) is 0.429. The van der Waals surface area contributed by atoms with E-state index in [0.29, 0.717) is 6.54 Å². The zero-order valence-electron chi connectivity index (χ0n) is 10.5. The Morgan fingerprint density at radius 3 is 2.88 bits per heavy atom. The summed E-state index contributed by atoms with van der Waals surface area (Å²) in [5, 5.41) is 9.08. The van der Waals surface area contributed by atoms with E-state index in [4.69, 9.17) is 10.8 Å². The number of aliphatic hydroxyl groups is 1. The highest BCUT2D eigenvalue weighted by atomic mass is 16.3. The zero-order chi connectivity index (χ0) is 12.7. The van der Waals surface area contributed by atoms with E-state index in [1.165, 1.54) is 5.56 Å². The third-order valence-electron chi connectivity index (χ3n) is 2.71. The van der Waals surface area contributed by atoms with Crippen LogP contribution in [0.15, 0.2) is 24.3 Å². The molecular weight excluding hydrogens is 212 g/mol. The van der Waals surface area contributed by atoms with Crippen molar-refractivity contribution in [2.45, 2.75) is 19.5 Å². The van der Waals surface area contributed by atoms with Crippen molar-refractivity contribution in [3.8, 4) is 11.8 Å². The van der Waals surface area contributed by atoms with E-state index in [1.807, 2.05) is 26.1 Å². The first-order chi connectivity index (χ1) is 8.17. The molecule has 92 valence electrons. The van der Waals surface area contributed by atoms with Gasteiger partial charge in [-0.1, -0.05) is 24.0 Å². The molecule has 1 aromatic rings. The van der Waals surface area contributed by atoms with Crippen LogP contribution in [0.2, 0.25) is 0 Å². The lowest BCUT2D eigenvalue weighted by Crippen LogP contribution is -2.31. The number of likely N-dealkylation sites (N-methyl/N-ethyl adjacent to an activating group) is 1. The number of nitrogens with zero attached hydrogens (tertiary/aromatic N) is 1. The van der Waals surface area contributed by atoms with Gasteiger partial charge in [-0.15, -0.1) is 0 Å². The Labute approximate surface area is 103 Å². The van der Waals surface area contributed by atoms with E-state index < -0.39 is 0 Å². The minimum atomic E-state index is 0.161. The molecule has 1 atom stereocenters. The van der Waals surface area contributed by atoms with Crippen molar-refractivity contribution >= 4 is 0 Å². The Kier molecular flexibility index (Phi) is 5.71. The van der Waals surface area contributed by atoms with E-state index in [0.717, 1.165) is 12.1 Å². The van der Waals surface area contributed by atoms with Gasteiger partial charge in [0.25, 0.3) is 0 Å². The van der Waals surface area contributed by atoms with Crippen molar-refractivity contribution in [2.24, 2.45) is 5.73 Å². The van der Waals surface area contributed by atoms with Gasteiger partial charge >= 0.3 is 0 Å². The lowest BCUT2D eigenvalue weighted by molar-refractivity contribution is 0.154. The molecule has 0 aliphatic rings. The SMILES string of the molecule is CC(CO)N(C)Cc1cccc(C#CCN)c1. The molecular formula is C14H20N2O. The quantitative estimate of drug-likeness (QED) is 0.755. The molecule has 0 bridgehead atoms. The summed E-state index contributed by atoms with van der Waals surface area (Å²) >= 11 is 0. The van der Waals surface area contributed by atoms with Gasteiger partial charge in [0.1, 0.15) is 0 Å². The van der Waals surface area contributed by atoms with E-state index in [1.54, 1.807) is 0 Å². The molecule has 3 nitrogen and oxygen atoms in total. The number of nitrogens with two attached hydrogens (primary N) is 1. The lowest BCUT2D eigenvalue weighted by atomic mass is 10.1. The summed E-state index contributed by atoms with van der Waals surface area (Å²) in [7, 11) is 2.00. The highest BCUT2D eigenvalue weighted by Crippen LogP contribution is 2.08. The predicted octanol–water partition coefficient (Wildman–Crippen LogP) is 0.809. The Balaban J connectivity index is 2.72. The van der Waals surface area contributed by atoms with Gasteiger partial charge in [-0.05, 0) is 31.7 Å². The predicted molar refractivity (Wildman–Crippen MR) is 70.4 cm³/mol. The first-order valence-electron chi connectivity index (χ1n) is 5.76. The van der Waals surface area contributed by atoms with Gasteiger partial charge in [0, 0.05) is 18.2 Å². The standard InChI is InChI=1S/C14H20N2O/c1-12(11-17)16(2)10-14-6-3-5-13(9-14)7-4-8-15/h3,5-6,9,12,17H,8,10-11,15H2,1-2H3. The molecule has 0 fully saturated rings. The van der Waals surface area contributed by atoms with Crippen LogP contribution < -0.4 is 5.73 Å². The topological polar surface area (TPSA) is 49.5 Å². The first-order valence-corrected chi connectivity index (χ1v) is 5.76. The first kappa shape index (κ1) is 13.7. The van der Waals surface area contributed by atoms with Gasteiger partial charge < -0.3 is 10.8 Å². The Morgan fingerprint density at radius 1 is 1.47 bits per heavy atom. The zero-order valence-corrected chi connectivity index (χ0v) is 10.5. The number of hydrogen-bond acceptors (Lipinski definition) is 3. The number of rotatable bonds is 4. The summed E-state index contributed by atoms with van der Waals surface area (Å²) in [6.07, 6.45) is 0. The lowest BCUT2D eigenvalue weighted by Gasteiger charge is -2.22. The van der Waals surface area contributed by atoms with Crippen LogP contribution in [0.5, 0.6) is 0 Å². The van der Waals surface area contributed by atoms with E-state index in [2.05, 4.69) is 28.9 Å². The summed E-state index contributed by atoms with van der Waals surface area (Å²) in [5.41, 5.74) is 7.52. The molecule has 0 spiro atoms. The maximum atomic E-state index is 9.08. The molecule has 0 aliphatic carbocycles. The van der Waals surface area contributed by atoms with Crippen molar-refractivity contribution in [3.05, 3.63) is 35.4 Å². The van der Waals surface area contributed by atoms with Crippen molar-refractivity contribution in [2.75, 3.05) is 20.2 Å². The van der Waals surface area contributed by atoms with Gasteiger partial charge in [-0.25, -0.2) is 0 Å². The molecule has 17 heavy (non-hydrogen) atoms. The fourth-order valence-electron chi connectivity index (χ4n) is 1.48. The highest BCUT2D eigenvalue weighted by molar-refractivity contribution is 5.37. The minimum Gasteiger partial charge on any atom is -0.395 e. The van der Waals surface area contributed by atoms with Gasteiger partial charge in [0.05, 0.1) is 13.2 Å². The number of hydrogen-bond donors (Lipinski definition) is 2. The van der Waals surface area contributed by atoms with E-state index in [-0.39, 0.29) is 12.6 Å². The van der Waals surface area contributed by atoms with Crippen molar-refractivity contribution in [1.29, 1.82) is 0 Å². The van der Waals surface area contributed by atoms with Crippen LogP contribution >= 0.6 is 0 Å². The summed E-state index contributed by atoms with van der Waals surface area (Å²) in [6, 6.07) is 8.25. The second-order valence-electron chi connectivity index (χ2n) is 4.15. The van der Waals surface area contributed by atoms with Crippen LogP contribution in [0.1, 0.15) is 18.1 Å². The molecule has 0 saturated heterocycles. The van der Waals surface area contributed by atoms with Gasteiger partial charge in [0.2, 0.25) is 0 Å². The smallest absolute Gasteiger partial charge is 0.0584 e. The molecule has 0 saturated carbocycles. The highest BCUT2D eigenvalue weighted by Gasteiger charge is 2.07. The summed E-state index contributed by atoms with van der Waals surface area (Å²) in [6.45, 7) is 3.35. The van der Waals surface area contributed by atoms with Crippen LogP contribution in [-0.2, 0) is 6.54 Å². The maximum Gasteiger partial charge on any atom is 0.0584 e. The fourth-order valence-corrected chi connectivity index (χ4v) is 1.48. The Morgan fingerprint density at radius 2 is 2.24 bits per heavy atom. The Bertz CT molecular complexity index is 406. The van der Waals surface area contributed by atoms with Gasteiger partial charge in [-0.3, -0.25) is 4.90 Å². The maximum absolute atomic E-state index is 9.08. The van der Waals surface area contributed by atoms with Crippen LogP contribution in [-0.4, -0.2) is 36.2 Å². The number of aliphatic hydroxyl groups excluding tert-OH is 1. The molecule has 1 rings (SSSR count). The van der Waals surface area contributed by atoms with Gasteiger partial charge in [0.15, 0.2) is 0 Å². The van der Waals surface area contributed by atoms with E-state index in [9.17, 15) is 0 Å². The average Bonchev–Trinajstić information content (AvgIpc) is 2.35. The molecule has 0 heterocycles. The molecule has 1 unspecified atom stereocenters. The second-order valence-corrected chi connectivity index (χ2v) is 4.15. The van der Waals surface area contributed by atoms with E-state index >= 15 is 0 Å². The van der Waals surface area contributed by atoms with Crippen LogP contribution in [0.4, 0.5) is 0 Å². The average molecular weight is 232 g/mol. The largest absolute Gasteiger partial charge is 0.395 e. The molecule has 0 aliphatic heterocycles. The van der Waals surface area contributed by atoms with Crippen molar-refractivity contribution in [3.63, 3.8) is 0 Å². The molecule has 3 N–H and O–H groups in total.